The fourth-order valence-electron chi connectivity index (χ4n) is 2.54. The second-order valence-electron chi connectivity index (χ2n) is 5.51. The molecule has 1 aromatic carbocycles. The number of hydrogen-bond acceptors (Lipinski definition) is 3. The van der Waals surface area contributed by atoms with Crippen LogP contribution in [0, 0.1) is 12.7 Å². The molecule has 1 amide bonds. The Kier molecular flexibility index (Phi) is 4.04. The van der Waals surface area contributed by atoms with Crippen LogP contribution in [0.4, 0.5) is 15.9 Å². The number of carbonyl (C=O) groups is 1. The lowest BCUT2D eigenvalue weighted by Gasteiger charge is -2.17. The van der Waals surface area contributed by atoms with Crippen molar-refractivity contribution in [3.8, 4) is 0 Å². The quantitative estimate of drug-likeness (QED) is 0.945. The molecule has 0 bridgehead atoms. The van der Waals surface area contributed by atoms with E-state index in [2.05, 4.69) is 15.2 Å². The fourth-order valence-corrected chi connectivity index (χ4v) is 2.54. The number of hydrogen-bond donors (Lipinski definition) is 1. The Labute approximate surface area is 129 Å². The van der Waals surface area contributed by atoms with Gasteiger partial charge in [0.2, 0.25) is 0 Å². The molecule has 0 aliphatic carbocycles. The molecule has 1 aromatic heterocycles. The molecular formula is C17H18FN3O. The Morgan fingerprint density at radius 1 is 1.23 bits per heavy atom. The molecule has 114 valence electrons. The van der Waals surface area contributed by atoms with Crippen molar-refractivity contribution in [1.29, 1.82) is 0 Å². The Balaban J connectivity index is 1.69. The predicted octanol–water partition coefficient (Wildman–Crippen LogP) is 3.38. The summed E-state index contributed by atoms with van der Waals surface area (Å²) in [7, 11) is 0. The third-order valence-corrected chi connectivity index (χ3v) is 3.89. The summed E-state index contributed by atoms with van der Waals surface area (Å²) < 4.78 is 13.5. The van der Waals surface area contributed by atoms with Crippen LogP contribution in [0.25, 0.3) is 0 Å². The Hall–Kier alpha value is -2.43. The van der Waals surface area contributed by atoms with Gasteiger partial charge in [-0.2, -0.15) is 0 Å². The smallest absolute Gasteiger partial charge is 0.256 e. The second kappa shape index (κ2) is 6.13. The molecule has 5 heteroatoms. The third kappa shape index (κ3) is 3.08. The molecule has 4 nitrogen and oxygen atoms in total. The van der Waals surface area contributed by atoms with Crippen molar-refractivity contribution in [3.63, 3.8) is 0 Å². The minimum atomic E-state index is -0.384. The van der Waals surface area contributed by atoms with Crippen molar-refractivity contribution in [2.75, 3.05) is 23.3 Å². The highest BCUT2D eigenvalue weighted by Gasteiger charge is 2.13. The molecule has 1 aliphatic rings. The molecule has 1 saturated heterocycles. The number of nitrogens with one attached hydrogen (secondary N) is 1. The van der Waals surface area contributed by atoms with E-state index in [4.69, 9.17) is 0 Å². The van der Waals surface area contributed by atoms with Gasteiger partial charge >= 0.3 is 0 Å². The maximum Gasteiger partial charge on any atom is 0.256 e. The number of aryl methyl sites for hydroxylation is 1. The zero-order valence-electron chi connectivity index (χ0n) is 12.5. The molecule has 0 spiro atoms. The minimum absolute atomic E-state index is 0.286. The average molecular weight is 299 g/mol. The summed E-state index contributed by atoms with van der Waals surface area (Å²) in [6.07, 6.45) is 4.17. The Morgan fingerprint density at radius 3 is 2.64 bits per heavy atom. The van der Waals surface area contributed by atoms with E-state index in [0.29, 0.717) is 11.4 Å². The molecule has 0 radical (unpaired) electrons. The summed E-state index contributed by atoms with van der Waals surface area (Å²) in [4.78, 5) is 18.6. The van der Waals surface area contributed by atoms with E-state index in [0.717, 1.165) is 18.8 Å². The van der Waals surface area contributed by atoms with E-state index < -0.39 is 0 Å². The van der Waals surface area contributed by atoms with Gasteiger partial charge in [0.15, 0.2) is 0 Å². The topological polar surface area (TPSA) is 45.2 Å². The first kappa shape index (κ1) is 14.5. The zero-order valence-corrected chi connectivity index (χ0v) is 12.5. The monoisotopic (exact) mass is 299 g/mol. The van der Waals surface area contributed by atoms with Crippen LogP contribution in [0.2, 0.25) is 0 Å². The van der Waals surface area contributed by atoms with Crippen molar-refractivity contribution in [1.82, 2.24) is 4.98 Å². The molecule has 2 aromatic rings. The summed E-state index contributed by atoms with van der Waals surface area (Å²) in [5.41, 5.74) is 1.87. The van der Waals surface area contributed by atoms with E-state index >= 15 is 0 Å². The summed E-state index contributed by atoms with van der Waals surface area (Å²) in [5.74, 6) is -0.278. The van der Waals surface area contributed by atoms with Crippen LogP contribution in [0.3, 0.4) is 0 Å². The first-order chi connectivity index (χ1) is 10.6. The van der Waals surface area contributed by atoms with Crippen LogP contribution in [0.1, 0.15) is 28.8 Å². The van der Waals surface area contributed by atoms with Crippen LogP contribution < -0.4 is 10.2 Å². The number of aromatic nitrogens is 1. The number of pyridine rings is 1. The highest BCUT2D eigenvalue weighted by Crippen LogP contribution is 2.20. The van der Waals surface area contributed by atoms with Gasteiger partial charge in [0.1, 0.15) is 11.6 Å². The van der Waals surface area contributed by atoms with Gasteiger partial charge in [0, 0.05) is 18.7 Å². The molecule has 1 aliphatic heterocycles. The van der Waals surface area contributed by atoms with Gasteiger partial charge in [-0.3, -0.25) is 4.79 Å². The Morgan fingerprint density at radius 2 is 2.00 bits per heavy atom. The van der Waals surface area contributed by atoms with Crippen molar-refractivity contribution < 1.29 is 9.18 Å². The second-order valence-corrected chi connectivity index (χ2v) is 5.51. The number of amides is 1. The van der Waals surface area contributed by atoms with Crippen LogP contribution in [0.15, 0.2) is 36.5 Å². The number of halogens is 1. The molecule has 1 N–H and O–H groups in total. The number of rotatable bonds is 3. The van der Waals surface area contributed by atoms with E-state index in [9.17, 15) is 9.18 Å². The summed E-state index contributed by atoms with van der Waals surface area (Å²) >= 11 is 0. The predicted molar refractivity (Wildman–Crippen MR) is 84.8 cm³/mol. The zero-order chi connectivity index (χ0) is 15.5. The van der Waals surface area contributed by atoms with Gasteiger partial charge in [0.25, 0.3) is 5.91 Å². The lowest BCUT2D eigenvalue weighted by molar-refractivity contribution is 0.102. The summed E-state index contributed by atoms with van der Waals surface area (Å²) in [6.45, 7) is 3.77. The number of benzene rings is 1. The molecule has 3 rings (SSSR count). The van der Waals surface area contributed by atoms with Crippen molar-refractivity contribution in [3.05, 3.63) is 53.5 Å². The van der Waals surface area contributed by atoms with Crippen LogP contribution >= 0.6 is 0 Å². The van der Waals surface area contributed by atoms with Crippen molar-refractivity contribution in [2.45, 2.75) is 19.8 Å². The van der Waals surface area contributed by atoms with Gasteiger partial charge in [0.05, 0.1) is 11.9 Å². The highest BCUT2D eigenvalue weighted by molar-refractivity contribution is 6.03. The van der Waals surface area contributed by atoms with E-state index in [-0.39, 0.29) is 17.3 Å². The third-order valence-electron chi connectivity index (χ3n) is 3.89. The normalized spacial score (nSPS) is 14.2. The average Bonchev–Trinajstić information content (AvgIpc) is 3.05. The van der Waals surface area contributed by atoms with Crippen molar-refractivity contribution >= 4 is 17.4 Å². The van der Waals surface area contributed by atoms with E-state index in [1.54, 1.807) is 31.3 Å². The molecule has 0 unspecified atom stereocenters. The summed E-state index contributed by atoms with van der Waals surface area (Å²) in [6, 6.07) is 8.16. The van der Waals surface area contributed by atoms with Gasteiger partial charge in [-0.25, -0.2) is 9.37 Å². The summed E-state index contributed by atoms with van der Waals surface area (Å²) in [5, 5.41) is 2.69. The number of anilines is 2. The minimum Gasteiger partial charge on any atom is -0.370 e. The maximum atomic E-state index is 13.5. The SMILES string of the molecule is Cc1ccc(C(=O)Nc2ccc(N3CCCC3)cn2)cc1F. The largest absolute Gasteiger partial charge is 0.370 e. The van der Waals surface area contributed by atoms with Crippen LogP contribution in [0.5, 0.6) is 0 Å². The van der Waals surface area contributed by atoms with Crippen LogP contribution in [-0.4, -0.2) is 24.0 Å². The van der Waals surface area contributed by atoms with Gasteiger partial charge in [-0.15, -0.1) is 0 Å². The van der Waals surface area contributed by atoms with Crippen LogP contribution in [-0.2, 0) is 0 Å². The number of nitrogens with zero attached hydrogens (tertiary/aromatic N) is 2. The number of carbonyl (C=O) groups excluding carboxylic acids is 1. The lowest BCUT2D eigenvalue weighted by atomic mass is 10.1. The standard InChI is InChI=1S/C17H18FN3O/c1-12-4-5-13(10-15(12)18)17(22)20-16-7-6-14(11-19-16)21-8-2-3-9-21/h4-7,10-11H,2-3,8-9H2,1H3,(H,19,20,22). The van der Waals surface area contributed by atoms with Crippen molar-refractivity contribution in [2.24, 2.45) is 0 Å². The molecule has 0 atom stereocenters. The van der Waals surface area contributed by atoms with Gasteiger partial charge in [-0.1, -0.05) is 6.07 Å². The highest BCUT2D eigenvalue weighted by atomic mass is 19.1. The molecular weight excluding hydrogens is 281 g/mol. The van der Waals surface area contributed by atoms with Gasteiger partial charge < -0.3 is 10.2 Å². The first-order valence-electron chi connectivity index (χ1n) is 7.42. The van der Waals surface area contributed by atoms with Gasteiger partial charge in [-0.05, 0) is 49.6 Å². The maximum absolute atomic E-state index is 13.5. The Bertz CT molecular complexity index is 679. The van der Waals surface area contributed by atoms with E-state index in [1.165, 1.54) is 18.9 Å². The molecule has 0 saturated carbocycles. The first-order valence-corrected chi connectivity index (χ1v) is 7.42. The lowest BCUT2D eigenvalue weighted by Crippen LogP contribution is -2.18. The molecule has 1 fully saturated rings. The molecule has 2 heterocycles. The fraction of sp³-hybridized carbons (Fsp3) is 0.294. The van der Waals surface area contributed by atoms with E-state index in [1.807, 2.05) is 6.07 Å². The molecule has 22 heavy (non-hydrogen) atoms.